The van der Waals surface area contributed by atoms with Crippen LogP contribution in [-0.4, -0.2) is 28.7 Å². The third-order valence-corrected chi connectivity index (χ3v) is 4.34. The summed E-state index contributed by atoms with van der Waals surface area (Å²) >= 11 is 0. The Kier molecular flexibility index (Phi) is 4.48. The number of rotatable bonds is 6. The van der Waals surface area contributed by atoms with Crippen molar-refractivity contribution in [2.24, 2.45) is 5.41 Å². The number of nitrogen functional groups attached to an aromatic ring is 1. The van der Waals surface area contributed by atoms with Gasteiger partial charge in [-0.15, -0.1) is 0 Å². The summed E-state index contributed by atoms with van der Waals surface area (Å²) < 4.78 is 5.77. The molecule has 5 heteroatoms. The molecule has 0 saturated heterocycles. The minimum Gasteiger partial charge on any atom is -0.383 e. The zero-order valence-electron chi connectivity index (χ0n) is 12.9. The summed E-state index contributed by atoms with van der Waals surface area (Å²) in [5.41, 5.74) is 7.11. The predicted octanol–water partition coefficient (Wildman–Crippen LogP) is 2.63. The van der Waals surface area contributed by atoms with Crippen LogP contribution in [0.1, 0.15) is 46.1 Å². The molecule has 1 aromatic rings. The average molecular weight is 278 g/mol. The highest BCUT2D eigenvalue weighted by atomic mass is 16.5. The van der Waals surface area contributed by atoms with Gasteiger partial charge in [0.1, 0.15) is 18.0 Å². The van der Waals surface area contributed by atoms with Crippen molar-refractivity contribution < 1.29 is 4.74 Å². The number of nitrogens with zero attached hydrogens (tertiary/aromatic N) is 2. The van der Waals surface area contributed by atoms with Crippen LogP contribution in [0.4, 0.5) is 11.6 Å². The average Bonchev–Trinajstić information content (AvgIpc) is 2.41. The molecule has 1 aliphatic carbocycles. The van der Waals surface area contributed by atoms with E-state index in [1.165, 1.54) is 6.33 Å². The summed E-state index contributed by atoms with van der Waals surface area (Å²) in [5, 5.41) is 3.54. The van der Waals surface area contributed by atoms with Crippen molar-refractivity contribution in [2.75, 3.05) is 17.7 Å². The molecule has 0 spiro atoms. The van der Waals surface area contributed by atoms with Crippen LogP contribution in [0.3, 0.4) is 0 Å². The molecular weight excluding hydrogens is 252 g/mol. The molecule has 1 aromatic heterocycles. The van der Waals surface area contributed by atoms with Crippen molar-refractivity contribution in [3.8, 4) is 0 Å². The van der Waals surface area contributed by atoms with Crippen LogP contribution >= 0.6 is 0 Å². The van der Waals surface area contributed by atoms with Crippen molar-refractivity contribution in [1.82, 2.24) is 9.97 Å². The lowest BCUT2D eigenvalue weighted by molar-refractivity contribution is -0.0976. The number of nitrogens with one attached hydrogen (secondary N) is 1. The molecule has 112 valence electrons. The molecule has 5 nitrogen and oxygen atoms in total. The highest BCUT2D eigenvalue weighted by molar-refractivity contribution is 5.56. The first-order chi connectivity index (χ1) is 9.50. The number of aromatic nitrogens is 2. The van der Waals surface area contributed by atoms with Crippen LogP contribution < -0.4 is 11.1 Å². The standard InChI is InChI=1S/C15H26N4O/c1-5-7-10-13(16)17-9-18-14(10)19-11-8-12(20-6-2)15(11,3)4/h9,11-12H,5-8H2,1-4H3,(H3,16,17,18,19). The first-order valence-electron chi connectivity index (χ1n) is 7.48. The second-order valence-corrected chi connectivity index (χ2v) is 6.03. The van der Waals surface area contributed by atoms with Gasteiger partial charge in [0, 0.05) is 23.6 Å². The second-order valence-electron chi connectivity index (χ2n) is 6.03. The van der Waals surface area contributed by atoms with E-state index in [9.17, 15) is 0 Å². The van der Waals surface area contributed by atoms with Gasteiger partial charge in [-0.05, 0) is 19.8 Å². The van der Waals surface area contributed by atoms with E-state index in [4.69, 9.17) is 10.5 Å². The van der Waals surface area contributed by atoms with E-state index in [1.54, 1.807) is 0 Å². The summed E-state index contributed by atoms with van der Waals surface area (Å²) in [6.45, 7) is 9.41. The number of ether oxygens (including phenoxy) is 1. The quantitative estimate of drug-likeness (QED) is 0.837. The maximum absolute atomic E-state index is 5.97. The fourth-order valence-corrected chi connectivity index (χ4v) is 2.83. The van der Waals surface area contributed by atoms with E-state index in [-0.39, 0.29) is 5.41 Å². The number of nitrogens with two attached hydrogens (primary N) is 1. The second kappa shape index (κ2) is 5.95. The predicted molar refractivity (Wildman–Crippen MR) is 81.7 cm³/mol. The molecular formula is C15H26N4O. The molecule has 1 fully saturated rings. The maximum Gasteiger partial charge on any atom is 0.134 e. The van der Waals surface area contributed by atoms with Gasteiger partial charge in [0.2, 0.25) is 0 Å². The topological polar surface area (TPSA) is 73.1 Å². The van der Waals surface area contributed by atoms with Crippen LogP contribution in [0, 0.1) is 5.41 Å². The lowest BCUT2D eigenvalue weighted by atomic mass is 9.64. The Morgan fingerprint density at radius 3 is 2.75 bits per heavy atom. The summed E-state index contributed by atoms with van der Waals surface area (Å²) in [4.78, 5) is 8.47. The normalized spacial score (nSPS) is 24.2. The Hall–Kier alpha value is -1.36. The Bertz CT molecular complexity index is 461. The van der Waals surface area contributed by atoms with Gasteiger partial charge in [-0.25, -0.2) is 9.97 Å². The summed E-state index contributed by atoms with van der Waals surface area (Å²) in [6.07, 6.45) is 4.79. The van der Waals surface area contributed by atoms with Crippen LogP contribution in [0.25, 0.3) is 0 Å². The maximum atomic E-state index is 5.97. The monoisotopic (exact) mass is 278 g/mol. The molecule has 0 radical (unpaired) electrons. The Morgan fingerprint density at radius 2 is 2.15 bits per heavy atom. The molecule has 0 amide bonds. The minimum atomic E-state index is 0.110. The molecule has 2 atom stereocenters. The third-order valence-electron chi connectivity index (χ3n) is 4.34. The Morgan fingerprint density at radius 1 is 1.40 bits per heavy atom. The zero-order chi connectivity index (χ0) is 14.8. The summed E-state index contributed by atoms with van der Waals surface area (Å²) in [5.74, 6) is 1.47. The van der Waals surface area contributed by atoms with Gasteiger partial charge in [-0.3, -0.25) is 0 Å². The molecule has 0 aliphatic heterocycles. The molecule has 1 saturated carbocycles. The van der Waals surface area contributed by atoms with E-state index >= 15 is 0 Å². The molecule has 0 bridgehead atoms. The van der Waals surface area contributed by atoms with Gasteiger partial charge in [0.25, 0.3) is 0 Å². The summed E-state index contributed by atoms with van der Waals surface area (Å²) in [6, 6.07) is 0.365. The van der Waals surface area contributed by atoms with E-state index in [1.807, 2.05) is 6.92 Å². The van der Waals surface area contributed by atoms with Crippen molar-refractivity contribution in [1.29, 1.82) is 0 Å². The largest absolute Gasteiger partial charge is 0.383 e. The molecule has 2 rings (SSSR count). The van der Waals surface area contributed by atoms with Gasteiger partial charge >= 0.3 is 0 Å². The fourth-order valence-electron chi connectivity index (χ4n) is 2.83. The van der Waals surface area contributed by atoms with Gasteiger partial charge in [0.05, 0.1) is 6.10 Å². The summed E-state index contributed by atoms with van der Waals surface area (Å²) in [7, 11) is 0. The van der Waals surface area contributed by atoms with Gasteiger partial charge in [-0.2, -0.15) is 0 Å². The van der Waals surface area contributed by atoms with E-state index in [2.05, 4.69) is 36.1 Å². The van der Waals surface area contributed by atoms with E-state index in [0.717, 1.165) is 37.3 Å². The fraction of sp³-hybridized carbons (Fsp3) is 0.733. The van der Waals surface area contributed by atoms with Gasteiger partial charge < -0.3 is 15.8 Å². The SMILES string of the molecule is CCCc1c(N)ncnc1NC1CC(OCC)C1(C)C. The lowest BCUT2D eigenvalue weighted by Gasteiger charge is -2.52. The van der Waals surface area contributed by atoms with Gasteiger partial charge in [-0.1, -0.05) is 27.2 Å². The third kappa shape index (κ3) is 2.73. The Labute approximate surface area is 121 Å². The first-order valence-corrected chi connectivity index (χ1v) is 7.48. The van der Waals surface area contributed by atoms with Crippen molar-refractivity contribution >= 4 is 11.6 Å². The first kappa shape index (κ1) is 15.0. The van der Waals surface area contributed by atoms with E-state index in [0.29, 0.717) is 18.0 Å². The van der Waals surface area contributed by atoms with Crippen molar-refractivity contribution in [3.63, 3.8) is 0 Å². The highest BCUT2D eigenvalue weighted by Crippen LogP contribution is 2.44. The van der Waals surface area contributed by atoms with E-state index < -0.39 is 0 Å². The number of hydrogen-bond donors (Lipinski definition) is 2. The highest BCUT2D eigenvalue weighted by Gasteiger charge is 2.49. The lowest BCUT2D eigenvalue weighted by Crippen LogP contribution is -2.58. The molecule has 3 N–H and O–H groups in total. The molecule has 2 unspecified atom stereocenters. The molecule has 1 heterocycles. The number of hydrogen-bond acceptors (Lipinski definition) is 5. The van der Waals surface area contributed by atoms with Crippen LogP contribution in [-0.2, 0) is 11.2 Å². The van der Waals surface area contributed by atoms with Crippen molar-refractivity contribution in [2.45, 2.75) is 59.1 Å². The van der Waals surface area contributed by atoms with Crippen LogP contribution in [0.15, 0.2) is 6.33 Å². The van der Waals surface area contributed by atoms with Gasteiger partial charge in [0.15, 0.2) is 0 Å². The molecule has 0 aromatic carbocycles. The van der Waals surface area contributed by atoms with Crippen LogP contribution in [0.5, 0.6) is 0 Å². The molecule has 20 heavy (non-hydrogen) atoms. The van der Waals surface area contributed by atoms with Crippen molar-refractivity contribution in [3.05, 3.63) is 11.9 Å². The zero-order valence-corrected chi connectivity index (χ0v) is 12.9. The Balaban J connectivity index is 2.10. The smallest absolute Gasteiger partial charge is 0.134 e. The number of anilines is 2. The minimum absolute atomic E-state index is 0.110. The van der Waals surface area contributed by atoms with Crippen LogP contribution in [0.2, 0.25) is 0 Å². The molecule has 1 aliphatic rings.